The van der Waals surface area contributed by atoms with Gasteiger partial charge in [-0.2, -0.15) is 5.10 Å². The molecule has 2 rings (SSSR count). The number of rotatable bonds is 5. The summed E-state index contributed by atoms with van der Waals surface area (Å²) in [4.78, 5) is 1.27. The smallest absolute Gasteiger partial charge is 0.0516 e. The Bertz CT molecular complexity index is 450. The van der Waals surface area contributed by atoms with Crippen molar-refractivity contribution in [3.63, 3.8) is 0 Å². The van der Waals surface area contributed by atoms with Crippen molar-refractivity contribution in [3.05, 3.63) is 39.3 Å². The highest BCUT2D eigenvalue weighted by atomic mass is 35.5. The summed E-state index contributed by atoms with van der Waals surface area (Å²) in [6, 6.07) is 4.05. The number of halogens is 1. The number of nitrogens with one attached hydrogen (secondary N) is 1. The summed E-state index contributed by atoms with van der Waals surface area (Å²) in [5.74, 6) is 0. The molecule has 0 radical (unpaired) electrons. The van der Waals surface area contributed by atoms with Gasteiger partial charge in [0, 0.05) is 48.7 Å². The average Bonchev–Trinajstić information content (AvgIpc) is 2.83. The van der Waals surface area contributed by atoms with Gasteiger partial charge in [0.2, 0.25) is 0 Å². The van der Waals surface area contributed by atoms with E-state index in [0.29, 0.717) is 0 Å². The second kappa shape index (κ2) is 5.48. The van der Waals surface area contributed by atoms with E-state index in [2.05, 4.69) is 10.4 Å². The third-order valence-corrected chi connectivity index (χ3v) is 3.69. The van der Waals surface area contributed by atoms with Crippen LogP contribution in [0.3, 0.4) is 0 Å². The molecule has 16 heavy (non-hydrogen) atoms. The van der Waals surface area contributed by atoms with Crippen molar-refractivity contribution in [1.29, 1.82) is 0 Å². The Kier molecular flexibility index (Phi) is 3.98. The summed E-state index contributed by atoms with van der Waals surface area (Å²) in [6.07, 6.45) is 2.82. The van der Waals surface area contributed by atoms with Crippen LogP contribution in [0, 0.1) is 0 Å². The van der Waals surface area contributed by atoms with Gasteiger partial charge in [-0.15, -0.1) is 11.3 Å². The normalized spacial score (nSPS) is 10.9. The zero-order valence-electron chi connectivity index (χ0n) is 9.11. The molecule has 5 heteroatoms. The molecule has 0 atom stereocenters. The van der Waals surface area contributed by atoms with Gasteiger partial charge in [0.15, 0.2) is 0 Å². The summed E-state index contributed by atoms with van der Waals surface area (Å²) in [6.45, 7) is 1.84. The van der Waals surface area contributed by atoms with Gasteiger partial charge >= 0.3 is 0 Å². The minimum atomic E-state index is 0.827. The molecule has 0 aliphatic rings. The zero-order valence-corrected chi connectivity index (χ0v) is 10.7. The van der Waals surface area contributed by atoms with Crippen LogP contribution in [0.1, 0.15) is 10.6 Å². The molecule has 0 spiro atoms. The highest BCUT2D eigenvalue weighted by Crippen LogP contribution is 2.18. The SMILES string of the molecule is Cn1nccc1CCNCc1cc(Cl)cs1. The molecule has 0 aliphatic heterocycles. The van der Waals surface area contributed by atoms with Crippen LogP contribution in [0.5, 0.6) is 0 Å². The van der Waals surface area contributed by atoms with Crippen LogP contribution in [0.25, 0.3) is 0 Å². The van der Waals surface area contributed by atoms with Crippen LogP contribution < -0.4 is 5.32 Å². The van der Waals surface area contributed by atoms with E-state index in [4.69, 9.17) is 11.6 Å². The third kappa shape index (κ3) is 3.07. The Morgan fingerprint density at radius 1 is 1.56 bits per heavy atom. The van der Waals surface area contributed by atoms with Gasteiger partial charge in [0.1, 0.15) is 0 Å². The van der Waals surface area contributed by atoms with Gasteiger partial charge in [-0.3, -0.25) is 4.68 Å². The Labute approximate surface area is 104 Å². The minimum Gasteiger partial charge on any atom is -0.311 e. The Hall–Kier alpha value is -0.840. The second-order valence-corrected chi connectivity index (χ2v) is 5.04. The van der Waals surface area contributed by atoms with E-state index in [1.807, 2.05) is 35.4 Å². The summed E-state index contributed by atoms with van der Waals surface area (Å²) >= 11 is 7.53. The predicted octanol–water partition coefficient (Wildman–Crippen LogP) is 2.47. The molecule has 1 N–H and O–H groups in total. The molecule has 0 aliphatic carbocycles. The van der Waals surface area contributed by atoms with Gasteiger partial charge in [0.25, 0.3) is 0 Å². The largest absolute Gasteiger partial charge is 0.311 e. The van der Waals surface area contributed by atoms with Crippen LogP contribution in [0.2, 0.25) is 5.02 Å². The molecule has 0 aromatic carbocycles. The van der Waals surface area contributed by atoms with E-state index < -0.39 is 0 Å². The monoisotopic (exact) mass is 255 g/mol. The van der Waals surface area contributed by atoms with Crippen LogP contribution >= 0.6 is 22.9 Å². The fourth-order valence-electron chi connectivity index (χ4n) is 1.52. The summed E-state index contributed by atoms with van der Waals surface area (Å²) < 4.78 is 1.91. The molecule has 0 unspecified atom stereocenters. The van der Waals surface area contributed by atoms with Crippen molar-refractivity contribution in [3.8, 4) is 0 Å². The highest BCUT2D eigenvalue weighted by molar-refractivity contribution is 7.10. The molecule has 0 saturated carbocycles. The first-order chi connectivity index (χ1) is 7.75. The summed E-state index contributed by atoms with van der Waals surface area (Å²) in [5, 5.41) is 10.3. The molecular formula is C11H14ClN3S. The molecule has 2 heterocycles. The van der Waals surface area contributed by atoms with Gasteiger partial charge in [-0.25, -0.2) is 0 Å². The maximum Gasteiger partial charge on any atom is 0.0516 e. The van der Waals surface area contributed by atoms with E-state index in [-0.39, 0.29) is 0 Å². The third-order valence-electron chi connectivity index (χ3n) is 2.40. The van der Waals surface area contributed by atoms with Crippen LogP contribution in [-0.4, -0.2) is 16.3 Å². The second-order valence-electron chi connectivity index (χ2n) is 3.60. The van der Waals surface area contributed by atoms with Crippen LogP contribution in [0.15, 0.2) is 23.7 Å². The Morgan fingerprint density at radius 2 is 2.44 bits per heavy atom. The molecule has 0 amide bonds. The van der Waals surface area contributed by atoms with Crippen molar-refractivity contribution >= 4 is 22.9 Å². The number of hydrogen-bond acceptors (Lipinski definition) is 3. The van der Waals surface area contributed by atoms with Gasteiger partial charge in [0.05, 0.1) is 5.02 Å². The van der Waals surface area contributed by atoms with Crippen molar-refractivity contribution in [2.24, 2.45) is 7.05 Å². The maximum atomic E-state index is 5.85. The lowest BCUT2D eigenvalue weighted by molar-refractivity contribution is 0.646. The highest BCUT2D eigenvalue weighted by Gasteiger charge is 1.99. The molecule has 0 saturated heterocycles. The van der Waals surface area contributed by atoms with E-state index in [9.17, 15) is 0 Å². The standard InChI is InChI=1S/C11H14ClN3S/c1-15-10(3-5-14-15)2-4-13-7-11-6-9(12)8-16-11/h3,5-6,8,13H,2,4,7H2,1H3. The first kappa shape index (κ1) is 11.6. The quantitative estimate of drug-likeness (QED) is 0.832. The first-order valence-corrected chi connectivity index (χ1v) is 6.42. The predicted molar refractivity (Wildman–Crippen MR) is 67.9 cm³/mol. The lowest BCUT2D eigenvalue weighted by Gasteiger charge is -2.03. The molecular weight excluding hydrogens is 242 g/mol. The van der Waals surface area contributed by atoms with Gasteiger partial charge in [-0.1, -0.05) is 11.6 Å². The van der Waals surface area contributed by atoms with E-state index in [0.717, 1.165) is 24.5 Å². The lowest BCUT2D eigenvalue weighted by atomic mass is 10.3. The average molecular weight is 256 g/mol. The summed E-state index contributed by atoms with van der Waals surface area (Å²) in [5.41, 5.74) is 1.25. The number of aryl methyl sites for hydroxylation is 1. The molecule has 86 valence electrons. The van der Waals surface area contributed by atoms with Crippen molar-refractivity contribution in [2.75, 3.05) is 6.54 Å². The fourth-order valence-corrected chi connectivity index (χ4v) is 2.56. The van der Waals surface area contributed by atoms with Crippen molar-refractivity contribution in [2.45, 2.75) is 13.0 Å². The van der Waals surface area contributed by atoms with E-state index in [1.54, 1.807) is 11.3 Å². The molecule has 0 fully saturated rings. The molecule has 0 bridgehead atoms. The van der Waals surface area contributed by atoms with E-state index in [1.165, 1.54) is 10.6 Å². The van der Waals surface area contributed by atoms with Gasteiger partial charge in [-0.05, 0) is 12.1 Å². The lowest BCUT2D eigenvalue weighted by Crippen LogP contribution is -2.17. The van der Waals surface area contributed by atoms with E-state index >= 15 is 0 Å². The number of aromatic nitrogens is 2. The molecule has 2 aromatic rings. The Balaban J connectivity index is 1.71. The van der Waals surface area contributed by atoms with Gasteiger partial charge < -0.3 is 5.32 Å². The molecule has 2 aromatic heterocycles. The van der Waals surface area contributed by atoms with Crippen molar-refractivity contribution in [1.82, 2.24) is 15.1 Å². The Morgan fingerprint density at radius 3 is 3.06 bits per heavy atom. The van der Waals surface area contributed by atoms with Crippen LogP contribution in [0.4, 0.5) is 0 Å². The first-order valence-electron chi connectivity index (χ1n) is 5.16. The maximum absolute atomic E-state index is 5.85. The topological polar surface area (TPSA) is 29.9 Å². The number of nitrogens with zero attached hydrogens (tertiary/aromatic N) is 2. The van der Waals surface area contributed by atoms with Crippen LogP contribution in [-0.2, 0) is 20.0 Å². The molecule has 3 nitrogen and oxygen atoms in total. The number of hydrogen-bond donors (Lipinski definition) is 1. The minimum absolute atomic E-state index is 0.827. The zero-order chi connectivity index (χ0) is 11.4. The summed E-state index contributed by atoms with van der Waals surface area (Å²) in [7, 11) is 1.97. The number of thiophene rings is 1. The fraction of sp³-hybridized carbons (Fsp3) is 0.364. The van der Waals surface area contributed by atoms with Crippen molar-refractivity contribution < 1.29 is 0 Å².